The summed E-state index contributed by atoms with van der Waals surface area (Å²) >= 11 is 0. The number of pyridine rings is 1. The SMILES string of the molecule is CN1CCc2c1c(C#N)c1ccnn1c2NCCN1CCCCC1. The lowest BCUT2D eigenvalue weighted by Crippen LogP contribution is -2.34. The smallest absolute Gasteiger partial charge is 0.133 e. The van der Waals surface area contributed by atoms with Gasteiger partial charge in [-0.05, 0) is 38.4 Å². The van der Waals surface area contributed by atoms with Crippen molar-refractivity contribution in [2.75, 3.05) is 50.0 Å². The van der Waals surface area contributed by atoms with Gasteiger partial charge in [0.05, 0.1) is 17.4 Å². The summed E-state index contributed by atoms with van der Waals surface area (Å²) in [5.74, 6) is 1.06. The molecule has 126 valence electrons. The number of likely N-dealkylation sites (tertiary alicyclic amines) is 1. The van der Waals surface area contributed by atoms with Crippen LogP contribution in [0.3, 0.4) is 0 Å². The van der Waals surface area contributed by atoms with Crippen molar-refractivity contribution in [1.82, 2.24) is 14.5 Å². The van der Waals surface area contributed by atoms with Crippen LogP contribution in [0.5, 0.6) is 0 Å². The molecule has 1 saturated heterocycles. The summed E-state index contributed by atoms with van der Waals surface area (Å²) in [5.41, 5.74) is 3.93. The van der Waals surface area contributed by atoms with Gasteiger partial charge in [-0.15, -0.1) is 0 Å². The monoisotopic (exact) mass is 324 g/mol. The first-order valence-corrected chi connectivity index (χ1v) is 8.89. The average Bonchev–Trinajstić information content (AvgIpc) is 3.23. The fourth-order valence-electron chi connectivity index (χ4n) is 4.04. The van der Waals surface area contributed by atoms with Crippen molar-refractivity contribution in [2.45, 2.75) is 25.7 Å². The van der Waals surface area contributed by atoms with Crippen LogP contribution >= 0.6 is 0 Å². The number of likely N-dealkylation sites (N-methyl/N-ethyl adjacent to an activating group) is 1. The van der Waals surface area contributed by atoms with Gasteiger partial charge in [0.1, 0.15) is 17.5 Å². The second kappa shape index (κ2) is 6.33. The van der Waals surface area contributed by atoms with Gasteiger partial charge < -0.3 is 15.1 Å². The van der Waals surface area contributed by atoms with Gasteiger partial charge in [-0.3, -0.25) is 0 Å². The molecular weight excluding hydrogens is 300 g/mol. The zero-order valence-corrected chi connectivity index (χ0v) is 14.3. The molecule has 1 N–H and O–H groups in total. The average molecular weight is 324 g/mol. The largest absolute Gasteiger partial charge is 0.373 e. The van der Waals surface area contributed by atoms with E-state index in [1.165, 1.54) is 37.9 Å². The van der Waals surface area contributed by atoms with Crippen LogP contribution < -0.4 is 10.2 Å². The van der Waals surface area contributed by atoms with E-state index in [0.29, 0.717) is 0 Å². The third-order valence-corrected chi connectivity index (χ3v) is 5.28. The van der Waals surface area contributed by atoms with E-state index in [1.807, 2.05) is 10.6 Å². The Morgan fingerprint density at radius 2 is 2.08 bits per heavy atom. The van der Waals surface area contributed by atoms with Crippen molar-refractivity contribution in [3.63, 3.8) is 0 Å². The number of nitrogens with zero attached hydrogens (tertiary/aromatic N) is 5. The lowest BCUT2D eigenvalue weighted by atomic mass is 10.1. The maximum absolute atomic E-state index is 9.63. The van der Waals surface area contributed by atoms with Gasteiger partial charge >= 0.3 is 0 Å². The van der Waals surface area contributed by atoms with Gasteiger partial charge in [0.2, 0.25) is 0 Å². The van der Waals surface area contributed by atoms with E-state index in [4.69, 9.17) is 0 Å². The molecule has 2 aliphatic heterocycles. The summed E-state index contributed by atoms with van der Waals surface area (Å²) in [6.45, 7) is 5.36. The molecule has 4 heterocycles. The van der Waals surface area contributed by atoms with Crippen LogP contribution in [-0.4, -0.2) is 54.3 Å². The zero-order valence-electron chi connectivity index (χ0n) is 14.3. The van der Waals surface area contributed by atoms with Crippen LogP contribution in [0.2, 0.25) is 0 Å². The Hall–Kier alpha value is -2.26. The van der Waals surface area contributed by atoms with E-state index in [1.54, 1.807) is 6.20 Å². The molecule has 0 bridgehead atoms. The Bertz CT molecular complexity index is 781. The summed E-state index contributed by atoms with van der Waals surface area (Å²) in [7, 11) is 2.07. The predicted molar refractivity (Wildman–Crippen MR) is 95.7 cm³/mol. The van der Waals surface area contributed by atoms with E-state index in [0.717, 1.165) is 48.6 Å². The van der Waals surface area contributed by atoms with Crippen LogP contribution in [0.15, 0.2) is 12.3 Å². The molecule has 0 amide bonds. The minimum Gasteiger partial charge on any atom is -0.373 e. The number of piperidine rings is 1. The topological polar surface area (TPSA) is 59.6 Å². The molecule has 0 aliphatic carbocycles. The Morgan fingerprint density at radius 3 is 2.88 bits per heavy atom. The predicted octanol–water partition coefficient (Wildman–Crippen LogP) is 2.10. The van der Waals surface area contributed by atoms with Crippen LogP contribution in [0.25, 0.3) is 5.52 Å². The molecule has 2 aromatic rings. The van der Waals surface area contributed by atoms with Crippen LogP contribution in [-0.2, 0) is 6.42 Å². The van der Waals surface area contributed by atoms with Crippen molar-refractivity contribution in [1.29, 1.82) is 5.26 Å². The van der Waals surface area contributed by atoms with Gasteiger partial charge in [0, 0.05) is 32.2 Å². The highest BCUT2D eigenvalue weighted by atomic mass is 15.3. The third-order valence-electron chi connectivity index (χ3n) is 5.28. The number of fused-ring (bicyclic) bond motifs is 2. The quantitative estimate of drug-likeness (QED) is 0.933. The molecule has 0 radical (unpaired) electrons. The summed E-state index contributed by atoms with van der Waals surface area (Å²) in [5, 5.41) is 17.7. The maximum Gasteiger partial charge on any atom is 0.133 e. The highest BCUT2D eigenvalue weighted by Crippen LogP contribution is 2.38. The molecule has 24 heavy (non-hydrogen) atoms. The molecule has 2 aliphatic rings. The zero-order chi connectivity index (χ0) is 16.5. The standard InChI is InChI=1S/C18H24N6/c1-22-11-6-14-17(22)15(13-19)16-5-7-21-24(16)18(14)20-8-12-23-9-3-2-4-10-23/h5,7,20H,2-4,6,8-12H2,1H3. The summed E-state index contributed by atoms with van der Waals surface area (Å²) in [4.78, 5) is 4.73. The first-order valence-electron chi connectivity index (χ1n) is 8.89. The van der Waals surface area contributed by atoms with E-state index in [-0.39, 0.29) is 0 Å². The minimum absolute atomic E-state index is 0.740. The number of hydrogen-bond donors (Lipinski definition) is 1. The first kappa shape index (κ1) is 15.3. The Morgan fingerprint density at radius 1 is 1.25 bits per heavy atom. The van der Waals surface area contributed by atoms with E-state index >= 15 is 0 Å². The number of aromatic nitrogens is 2. The fraction of sp³-hybridized carbons (Fsp3) is 0.556. The molecule has 0 aromatic carbocycles. The Labute approximate surface area is 142 Å². The Balaban J connectivity index is 1.63. The second-order valence-electron chi connectivity index (χ2n) is 6.79. The van der Waals surface area contributed by atoms with Crippen molar-refractivity contribution in [2.24, 2.45) is 0 Å². The van der Waals surface area contributed by atoms with Crippen LogP contribution in [0.4, 0.5) is 11.5 Å². The number of hydrogen-bond acceptors (Lipinski definition) is 5. The second-order valence-corrected chi connectivity index (χ2v) is 6.79. The van der Waals surface area contributed by atoms with E-state index in [2.05, 4.69) is 33.3 Å². The maximum atomic E-state index is 9.63. The third kappa shape index (κ3) is 2.49. The van der Waals surface area contributed by atoms with Crippen molar-refractivity contribution in [3.8, 4) is 6.07 Å². The minimum atomic E-state index is 0.740. The molecule has 2 aromatic heterocycles. The number of anilines is 2. The highest BCUT2D eigenvalue weighted by Gasteiger charge is 2.27. The van der Waals surface area contributed by atoms with Crippen molar-refractivity contribution < 1.29 is 0 Å². The lowest BCUT2D eigenvalue weighted by Gasteiger charge is -2.26. The lowest BCUT2D eigenvalue weighted by molar-refractivity contribution is 0.237. The fourth-order valence-corrected chi connectivity index (χ4v) is 4.04. The molecule has 1 fully saturated rings. The summed E-state index contributed by atoms with van der Waals surface area (Å²) in [6.07, 6.45) is 6.75. The summed E-state index contributed by atoms with van der Waals surface area (Å²) < 4.78 is 1.91. The Kier molecular flexibility index (Phi) is 4.03. The summed E-state index contributed by atoms with van der Waals surface area (Å²) in [6, 6.07) is 4.31. The van der Waals surface area contributed by atoms with Gasteiger partial charge in [0.25, 0.3) is 0 Å². The van der Waals surface area contributed by atoms with E-state index < -0.39 is 0 Å². The molecule has 0 saturated carbocycles. The number of nitriles is 1. The molecule has 0 spiro atoms. The first-order chi connectivity index (χ1) is 11.8. The van der Waals surface area contributed by atoms with Gasteiger partial charge in [0.15, 0.2) is 0 Å². The molecule has 4 rings (SSSR count). The number of nitrogens with one attached hydrogen (secondary N) is 1. The molecule has 6 heteroatoms. The van der Waals surface area contributed by atoms with Crippen LogP contribution in [0, 0.1) is 11.3 Å². The van der Waals surface area contributed by atoms with Gasteiger partial charge in [-0.1, -0.05) is 6.42 Å². The molecule has 0 unspecified atom stereocenters. The number of rotatable bonds is 4. The van der Waals surface area contributed by atoms with Crippen LogP contribution in [0.1, 0.15) is 30.4 Å². The normalized spacial score (nSPS) is 17.9. The van der Waals surface area contributed by atoms with E-state index in [9.17, 15) is 5.26 Å². The van der Waals surface area contributed by atoms with Gasteiger partial charge in [-0.2, -0.15) is 10.4 Å². The molecule has 0 atom stereocenters. The molecular formula is C18H24N6. The van der Waals surface area contributed by atoms with Crippen molar-refractivity contribution in [3.05, 3.63) is 23.4 Å². The van der Waals surface area contributed by atoms with Gasteiger partial charge in [-0.25, -0.2) is 4.52 Å². The highest BCUT2D eigenvalue weighted by molar-refractivity contribution is 5.83. The molecule has 6 nitrogen and oxygen atoms in total. The van der Waals surface area contributed by atoms with Crippen molar-refractivity contribution >= 4 is 17.0 Å².